The lowest BCUT2D eigenvalue weighted by Gasteiger charge is -2.24. The molecule has 0 saturated carbocycles. The van der Waals surface area contributed by atoms with E-state index in [0.29, 0.717) is 12.1 Å². The predicted molar refractivity (Wildman–Crippen MR) is 77.9 cm³/mol. The van der Waals surface area contributed by atoms with Gasteiger partial charge < -0.3 is 5.32 Å². The highest BCUT2D eigenvalue weighted by atomic mass is 16.2. The van der Waals surface area contributed by atoms with Gasteiger partial charge in [0.25, 0.3) is 0 Å². The summed E-state index contributed by atoms with van der Waals surface area (Å²) in [5, 5.41) is 11.9. The number of carbonyl (C=O) groups is 1. The van der Waals surface area contributed by atoms with Crippen molar-refractivity contribution in [2.45, 2.75) is 38.3 Å². The van der Waals surface area contributed by atoms with Crippen molar-refractivity contribution in [2.24, 2.45) is 0 Å². The van der Waals surface area contributed by atoms with Gasteiger partial charge in [0.2, 0.25) is 5.91 Å². The minimum atomic E-state index is -0.0170. The Balaban J connectivity index is 1.92. The molecule has 1 aromatic rings. The molecule has 1 N–H and O–H groups in total. The van der Waals surface area contributed by atoms with Crippen LogP contribution in [0.25, 0.3) is 0 Å². The zero-order chi connectivity index (χ0) is 14.4. The Kier molecular flexibility index (Phi) is 5.14. The lowest BCUT2D eigenvalue weighted by molar-refractivity contribution is -0.126. The Bertz CT molecular complexity index is 507. The maximum atomic E-state index is 12.3. The fourth-order valence-electron chi connectivity index (χ4n) is 2.64. The summed E-state index contributed by atoms with van der Waals surface area (Å²) < 4.78 is 0. The molecule has 1 atom stereocenters. The van der Waals surface area contributed by atoms with Crippen LogP contribution in [0.4, 0.5) is 0 Å². The average Bonchev–Trinajstić information content (AvgIpc) is 2.69. The first-order valence-electron chi connectivity index (χ1n) is 7.17. The molecule has 1 amide bonds. The number of carbonyl (C=O) groups excluding carboxylic acids is 1. The average molecular weight is 271 g/mol. The monoisotopic (exact) mass is 271 g/mol. The molecule has 4 nitrogen and oxygen atoms in total. The van der Waals surface area contributed by atoms with Crippen molar-refractivity contribution in [3.05, 3.63) is 35.4 Å². The number of rotatable bonds is 3. The predicted octanol–water partition coefficient (Wildman–Crippen LogP) is 2.05. The summed E-state index contributed by atoms with van der Waals surface area (Å²) in [6.45, 7) is 1.47. The van der Waals surface area contributed by atoms with E-state index in [0.717, 1.165) is 24.9 Å². The molecule has 1 aliphatic rings. The zero-order valence-corrected chi connectivity index (χ0v) is 11.9. The number of nitriles is 1. The molecule has 0 aliphatic carbocycles. The van der Waals surface area contributed by atoms with E-state index in [1.807, 2.05) is 25.2 Å². The molecule has 1 unspecified atom stereocenters. The Labute approximate surface area is 120 Å². The molecule has 1 heterocycles. The summed E-state index contributed by atoms with van der Waals surface area (Å²) in [5.41, 5.74) is 1.59. The SMILES string of the molecule is CN1CCCCCC1C(=O)NCc1cccc(C#N)c1. The molecule has 1 aromatic carbocycles. The smallest absolute Gasteiger partial charge is 0.237 e. The third-order valence-corrected chi connectivity index (χ3v) is 3.85. The molecule has 0 aromatic heterocycles. The van der Waals surface area contributed by atoms with Crippen molar-refractivity contribution in [1.82, 2.24) is 10.2 Å². The summed E-state index contributed by atoms with van der Waals surface area (Å²) >= 11 is 0. The van der Waals surface area contributed by atoms with Crippen LogP contribution in [0.2, 0.25) is 0 Å². The van der Waals surface area contributed by atoms with Crippen LogP contribution in [0.5, 0.6) is 0 Å². The highest BCUT2D eigenvalue weighted by molar-refractivity contribution is 5.81. The number of likely N-dealkylation sites (tertiary alicyclic amines) is 1. The number of nitrogens with one attached hydrogen (secondary N) is 1. The molecule has 0 bridgehead atoms. The molecule has 2 rings (SSSR count). The second-order valence-corrected chi connectivity index (χ2v) is 5.38. The van der Waals surface area contributed by atoms with E-state index in [2.05, 4.69) is 16.3 Å². The molecular formula is C16H21N3O. The van der Waals surface area contributed by atoms with E-state index in [9.17, 15) is 4.79 Å². The van der Waals surface area contributed by atoms with Crippen LogP contribution in [0.1, 0.15) is 36.8 Å². The van der Waals surface area contributed by atoms with Gasteiger partial charge in [-0.1, -0.05) is 25.0 Å². The van der Waals surface area contributed by atoms with Crippen molar-refractivity contribution in [1.29, 1.82) is 5.26 Å². The number of nitrogens with zero attached hydrogens (tertiary/aromatic N) is 2. The summed E-state index contributed by atoms with van der Waals surface area (Å²) in [4.78, 5) is 14.4. The van der Waals surface area contributed by atoms with Crippen LogP contribution < -0.4 is 5.32 Å². The summed E-state index contributed by atoms with van der Waals surface area (Å²) in [7, 11) is 2.02. The van der Waals surface area contributed by atoms with Gasteiger partial charge in [-0.05, 0) is 44.1 Å². The van der Waals surface area contributed by atoms with Crippen molar-refractivity contribution in [2.75, 3.05) is 13.6 Å². The summed E-state index contributed by atoms with van der Waals surface area (Å²) in [6, 6.07) is 9.45. The second kappa shape index (κ2) is 7.06. The number of benzene rings is 1. The van der Waals surface area contributed by atoms with Crippen LogP contribution >= 0.6 is 0 Å². The van der Waals surface area contributed by atoms with Gasteiger partial charge in [-0.25, -0.2) is 0 Å². The first kappa shape index (κ1) is 14.5. The Morgan fingerprint density at radius 3 is 3.10 bits per heavy atom. The zero-order valence-electron chi connectivity index (χ0n) is 11.9. The van der Waals surface area contributed by atoms with E-state index in [1.54, 1.807) is 6.07 Å². The first-order chi connectivity index (χ1) is 9.70. The standard InChI is InChI=1S/C16H21N3O/c1-19-9-4-2-3-8-15(19)16(20)18-12-14-7-5-6-13(10-14)11-17/h5-7,10,15H,2-4,8-9,12H2,1H3,(H,18,20). The molecule has 20 heavy (non-hydrogen) atoms. The van der Waals surface area contributed by atoms with Gasteiger partial charge in [0.15, 0.2) is 0 Å². The Morgan fingerprint density at radius 2 is 2.30 bits per heavy atom. The quantitative estimate of drug-likeness (QED) is 0.915. The largest absolute Gasteiger partial charge is 0.351 e. The Morgan fingerprint density at radius 1 is 1.45 bits per heavy atom. The summed E-state index contributed by atoms with van der Waals surface area (Å²) in [6.07, 6.45) is 4.43. The van der Waals surface area contributed by atoms with E-state index >= 15 is 0 Å². The van der Waals surface area contributed by atoms with Crippen molar-refractivity contribution in [3.63, 3.8) is 0 Å². The third-order valence-electron chi connectivity index (χ3n) is 3.85. The minimum absolute atomic E-state index is 0.0170. The van der Waals surface area contributed by atoms with Gasteiger partial charge in [-0.15, -0.1) is 0 Å². The molecular weight excluding hydrogens is 250 g/mol. The van der Waals surface area contributed by atoms with E-state index in [-0.39, 0.29) is 11.9 Å². The molecule has 106 valence electrons. The molecule has 4 heteroatoms. The van der Waals surface area contributed by atoms with Crippen molar-refractivity contribution < 1.29 is 4.79 Å². The lowest BCUT2D eigenvalue weighted by Crippen LogP contribution is -2.44. The number of likely N-dealkylation sites (N-methyl/N-ethyl adjacent to an activating group) is 1. The third kappa shape index (κ3) is 3.82. The van der Waals surface area contributed by atoms with Gasteiger partial charge >= 0.3 is 0 Å². The van der Waals surface area contributed by atoms with Gasteiger partial charge in [0.1, 0.15) is 0 Å². The van der Waals surface area contributed by atoms with Crippen molar-refractivity contribution in [3.8, 4) is 6.07 Å². The molecule has 0 radical (unpaired) electrons. The highest BCUT2D eigenvalue weighted by Crippen LogP contribution is 2.15. The van der Waals surface area contributed by atoms with Crippen LogP contribution in [0.3, 0.4) is 0 Å². The number of hydrogen-bond donors (Lipinski definition) is 1. The van der Waals surface area contributed by atoms with Crippen molar-refractivity contribution >= 4 is 5.91 Å². The van der Waals surface area contributed by atoms with Gasteiger partial charge in [0, 0.05) is 6.54 Å². The topological polar surface area (TPSA) is 56.1 Å². The first-order valence-corrected chi connectivity index (χ1v) is 7.17. The Hall–Kier alpha value is -1.86. The maximum absolute atomic E-state index is 12.3. The molecule has 1 saturated heterocycles. The lowest BCUT2D eigenvalue weighted by atomic mass is 10.1. The highest BCUT2D eigenvalue weighted by Gasteiger charge is 2.24. The fraction of sp³-hybridized carbons (Fsp3) is 0.500. The number of amides is 1. The maximum Gasteiger partial charge on any atom is 0.237 e. The molecule has 1 fully saturated rings. The second-order valence-electron chi connectivity index (χ2n) is 5.38. The van der Waals surface area contributed by atoms with E-state index in [1.165, 1.54) is 12.8 Å². The fourth-order valence-corrected chi connectivity index (χ4v) is 2.64. The molecule has 1 aliphatic heterocycles. The van der Waals surface area contributed by atoms with E-state index < -0.39 is 0 Å². The van der Waals surface area contributed by atoms with Gasteiger partial charge in [0.05, 0.1) is 17.7 Å². The minimum Gasteiger partial charge on any atom is -0.351 e. The molecule has 0 spiro atoms. The van der Waals surface area contributed by atoms with Crippen LogP contribution in [0.15, 0.2) is 24.3 Å². The van der Waals surface area contributed by atoms with Crippen LogP contribution in [-0.4, -0.2) is 30.4 Å². The van der Waals surface area contributed by atoms with Crippen LogP contribution in [0, 0.1) is 11.3 Å². The number of hydrogen-bond acceptors (Lipinski definition) is 3. The van der Waals surface area contributed by atoms with Gasteiger partial charge in [-0.3, -0.25) is 9.69 Å². The summed E-state index contributed by atoms with van der Waals surface area (Å²) in [5.74, 6) is 0.0942. The van der Waals surface area contributed by atoms with E-state index in [4.69, 9.17) is 5.26 Å². The normalized spacial score (nSPS) is 19.9. The van der Waals surface area contributed by atoms with Gasteiger partial charge in [-0.2, -0.15) is 5.26 Å². The van der Waals surface area contributed by atoms with Crippen LogP contribution in [-0.2, 0) is 11.3 Å².